The van der Waals surface area contributed by atoms with Gasteiger partial charge in [-0.15, -0.1) is 0 Å². The summed E-state index contributed by atoms with van der Waals surface area (Å²) < 4.78 is 1.76. The van der Waals surface area contributed by atoms with Gasteiger partial charge in [-0.05, 0) is 38.5 Å². The number of anilines is 1. The number of nitrogens with two attached hydrogens (primary N) is 1. The van der Waals surface area contributed by atoms with Crippen LogP contribution in [0.2, 0.25) is 0 Å². The van der Waals surface area contributed by atoms with Gasteiger partial charge in [-0.2, -0.15) is 5.10 Å². The van der Waals surface area contributed by atoms with E-state index in [1.54, 1.807) is 4.68 Å². The molecule has 1 fully saturated rings. The third kappa shape index (κ3) is 2.86. The van der Waals surface area contributed by atoms with E-state index in [4.69, 9.17) is 5.73 Å². The molecule has 24 heavy (non-hydrogen) atoms. The van der Waals surface area contributed by atoms with Crippen molar-refractivity contribution >= 4 is 11.9 Å². The Hall–Kier alpha value is -2.44. The molecule has 0 aromatic carbocycles. The molecule has 1 amide bonds. The van der Waals surface area contributed by atoms with E-state index in [9.17, 15) is 4.79 Å². The first kappa shape index (κ1) is 15.1. The lowest BCUT2D eigenvalue weighted by Crippen LogP contribution is -2.34. The monoisotopic (exact) mass is 326 g/mol. The zero-order valence-corrected chi connectivity index (χ0v) is 13.9. The van der Waals surface area contributed by atoms with Crippen LogP contribution in [0.5, 0.6) is 0 Å². The Balaban J connectivity index is 1.66. The molecule has 0 unspecified atom stereocenters. The first-order valence-corrected chi connectivity index (χ1v) is 8.55. The Kier molecular flexibility index (Phi) is 3.70. The van der Waals surface area contributed by atoms with Crippen molar-refractivity contribution in [3.63, 3.8) is 0 Å². The van der Waals surface area contributed by atoms with E-state index in [1.807, 2.05) is 24.3 Å². The van der Waals surface area contributed by atoms with Crippen LogP contribution in [0, 0.1) is 0 Å². The van der Waals surface area contributed by atoms with E-state index in [2.05, 4.69) is 15.1 Å². The van der Waals surface area contributed by atoms with Crippen LogP contribution in [-0.2, 0) is 26.4 Å². The number of aromatic nitrogens is 4. The van der Waals surface area contributed by atoms with E-state index in [0.29, 0.717) is 18.3 Å². The summed E-state index contributed by atoms with van der Waals surface area (Å²) in [5.74, 6) is 0.185. The highest BCUT2D eigenvalue weighted by molar-refractivity contribution is 5.94. The molecule has 4 rings (SSSR count). The molecule has 2 aromatic rings. The lowest BCUT2D eigenvalue weighted by molar-refractivity contribution is 0.0722. The van der Waals surface area contributed by atoms with E-state index < -0.39 is 0 Å². The summed E-state index contributed by atoms with van der Waals surface area (Å²) in [7, 11) is 1.88. The first-order chi connectivity index (χ1) is 11.6. The van der Waals surface area contributed by atoms with Gasteiger partial charge in [0.05, 0.1) is 6.20 Å². The van der Waals surface area contributed by atoms with Crippen LogP contribution in [0.3, 0.4) is 0 Å². The molecular formula is C17H22N6O. The number of hydrogen-bond donors (Lipinski definition) is 1. The van der Waals surface area contributed by atoms with Crippen LogP contribution in [0.15, 0.2) is 12.4 Å². The first-order valence-electron chi connectivity index (χ1n) is 8.55. The number of hydrogen-bond acceptors (Lipinski definition) is 5. The number of carbonyl (C=O) groups excluding carboxylic acids is 1. The number of aryl methyl sites for hydroxylation is 2. The minimum atomic E-state index is -0.0198. The van der Waals surface area contributed by atoms with Crippen LogP contribution in [-0.4, -0.2) is 36.6 Å². The normalized spacial score (nSPS) is 16.7. The van der Waals surface area contributed by atoms with E-state index >= 15 is 0 Å². The number of carbonyl (C=O) groups is 1. The topological polar surface area (TPSA) is 89.9 Å². The minimum Gasteiger partial charge on any atom is -0.368 e. The van der Waals surface area contributed by atoms with Gasteiger partial charge in [0.2, 0.25) is 5.95 Å². The van der Waals surface area contributed by atoms with Crippen LogP contribution in [0.1, 0.15) is 53.0 Å². The van der Waals surface area contributed by atoms with E-state index in [-0.39, 0.29) is 11.9 Å². The summed E-state index contributed by atoms with van der Waals surface area (Å²) in [6.07, 6.45) is 9.78. The quantitative estimate of drug-likeness (QED) is 0.919. The van der Waals surface area contributed by atoms with Gasteiger partial charge in [-0.3, -0.25) is 9.48 Å². The number of nitrogen functional groups attached to an aromatic ring is 1. The molecule has 0 atom stereocenters. The maximum Gasteiger partial charge on any atom is 0.273 e. The summed E-state index contributed by atoms with van der Waals surface area (Å²) in [5, 5.41) is 4.20. The van der Waals surface area contributed by atoms with Gasteiger partial charge in [0.15, 0.2) is 0 Å². The summed E-state index contributed by atoms with van der Waals surface area (Å²) in [4.78, 5) is 23.8. The average molecular weight is 326 g/mol. The minimum absolute atomic E-state index is 0.0198. The highest BCUT2D eigenvalue weighted by Crippen LogP contribution is 2.31. The van der Waals surface area contributed by atoms with Gasteiger partial charge in [-0.1, -0.05) is 0 Å². The fourth-order valence-electron chi connectivity index (χ4n) is 3.43. The largest absolute Gasteiger partial charge is 0.368 e. The van der Waals surface area contributed by atoms with Gasteiger partial charge < -0.3 is 10.6 Å². The molecule has 2 heterocycles. The molecule has 0 radical (unpaired) electrons. The van der Waals surface area contributed by atoms with Crippen molar-refractivity contribution in [3.05, 3.63) is 34.9 Å². The zero-order chi connectivity index (χ0) is 16.7. The number of amides is 1. The highest BCUT2D eigenvalue weighted by atomic mass is 16.2. The Morgan fingerprint density at radius 1 is 1.33 bits per heavy atom. The van der Waals surface area contributed by atoms with Crippen molar-refractivity contribution in [1.82, 2.24) is 24.6 Å². The average Bonchev–Trinajstić information content (AvgIpc) is 3.33. The van der Waals surface area contributed by atoms with Gasteiger partial charge in [0.25, 0.3) is 5.91 Å². The second kappa shape index (κ2) is 5.89. The van der Waals surface area contributed by atoms with Crippen molar-refractivity contribution < 1.29 is 4.79 Å². The van der Waals surface area contributed by atoms with Crippen molar-refractivity contribution in [2.24, 2.45) is 7.05 Å². The Morgan fingerprint density at radius 2 is 2.12 bits per heavy atom. The van der Waals surface area contributed by atoms with Crippen LogP contribution < -0.4 is 5.73 Å². The van der Waals surface area contributed by atoms with Crippen molar-refractivity contribution in [1.29, 1.82) is 0 Å². The smallest absolute Gasteiger partial charge is 0.273 e. The molecule has 2 aliphatic carbocycles. The molecule has 2 aromatic heterocycles. The lowest BCUT2D eigenvalue weighted by atomic mass is 9.94. The predicted octanol–water partition coefficient (Wildman–Crippen LogP) is 1.48. The maximum atomic E-state index is 13.2. The van der Waals surface area contributed by atoms with Crippen LogP contribution in [0.25, 0.3) is 0 Å². The number of fused-ring (bicyclic) bond motifs is 1. The molecule has 0 spiro atoms. The zero-order valence-electron chi connectivity index (χ0n) is 13.9. The predicted molar refractivity (Wildman–Crippen MR) is 89.2 cm³/mol. The maximum absolute atomic E-state index is 13.2. The molecule has 2 N–H and O–H groups in total. The van der Waals surface area contributed by atoms with Crippen molar-refractivity contribution in [2.75, 3.05) is 5.73 Å². The van der Waals surface area contributed by atoms with Crippen LogP contribution in [0.4, 0.5) is 5.95 Å². The summed E-state index contributed by atoms with van der Waals surface area (Å²) in [5.41, 5.74) is 9.36. The molecule has 0 bridgehead atoms. The Bertz CT molecular complexity index is 779. The second-order valence-electron chi connectivity index (χ2n) is 6.75. The van der Waals surface area contributed by atoms with E-state index in [1.165, 1.54) is 0 Å². The SMILES string of the molecule is Cn1cc(CN(C(=O)c2nc(N)nc3c2CCCC3)C2CC2)cn1. The Labute approximate surface area is 140 Å². The van der Waals surface area contributed by atoms with Gasteiger partial charge >= 0.3 is 0 Å². The standard InChI is InChI=1S/C17H22N6O/c1-22-9-11(8-19-22)10-23(12-6-7-12)16(24)15-13-4-2-3-5-14(13)20-17(18)21-15/h8-9,12H,2-7,10H2,1H3,(H2,18,20,21). The molecule has 2 aliphatic rings. The third-order valence-electron chi connectivity index (χ3n) is 4.76. The molecule has 7 heteroatoms. The molecular weight excluding hydrogens is 304 g/mol. The second-order valence-corrected chi connectivity index (χ2v) is 6.75. The van der Waals surface area contributed by atoms with Gasteiger partial charge in [0, 0.05) is 42.7 Å². The van der Waals surface area contributed by atoms with E-state index in [0.717, 1.165) is 55.3 Å². The summed E-state index contributed by atoms with van der Waals surface area (Å²) in [6.45, 7) is 0.565. The third-order valence-corrected chi connectivity index (χ3v) is 4.76. The Morgan fingerprint density at radius 3 is 2.83 bits per heavy atom. The fraction of sp³-hybridized carbons (Fsp3) is 0.529. The molecule has 126 valence electrons. The summed E-state index contributed by atoms with van der Waals surface area (Å²) >= 11 is 0. The molecule has 0 aliphatic heterocycles. The summed E-state index contributed by atoms with van der Waals surface area (Å²) in [6, 6.07) is 0.299. The number of nitrogens with zero attached hydrogens (tertiary/aromatic N) is 5. The van der Waals surface area contributed by atoms with Crippen molar-refractivity contribution in [3.8, 4) is 0 Å². The lowest BCUT2D eigenvalue weighted by Gasteiger charge is -2.24. The number of rotatable bonds is 4. The van der Waals surface area contributed by atoms with Crippen LogP contribution >= 0.6 is 0 Å². The molecule has 1 saturated carbocycles. The van der Waals surface area contributed by atoms with Gasteiger partial charge in [0.1, 0.15) is 5.69 Å². The van der Waals surface area contributed by atoms with Gasteiger partial charge in [-0.25, -0.2) is 9.97 Å². The molecule has 7 nitrogen and oxygen atoms in total. The highest BCUT2D eigenvalue weighted by Gasteiger charge is 2.35. The fourth-order valence-corrected chi connectivity index (χ4v) is 3.43. The van der Waals surface area contributed by atoms with Crippen molar-refractivity contribution in [2.45, 2.75) is 51.1 Å². The molecule has 0 saturated heterocycles.